The molecule has 0 radical (unpaired) electrons. The van der Waals surface area contributed by atoms with Gasteiger partial charge in [0.1, 0.15) is 0 Å². The number of fused-ring (bicyclic) bond motifs is 3. The Kier molecular flexibility index (Phi) is 6.30. The van der Waals surface area contributed by atoms with Crippen molar-refractivity contribution in [2.24, 2.45) is 11.8 Å². The first-order valence-electron chi connectivity index (χ1n) is 9.11. The Bertz CT molecular complexity index is 612. The maximum atomic E-state index is 5.43. The summed E-state index contributed by atoms with van der Waals surface area (Å²) in [5, 5.41) is 7.36. The fourth-order valence-electron chi connectivity index (χ4n) is 4.20. The number of thiocarbonyl (C=S) groups is 1. The fraction of sp³-hybridized carbons (Fsp3) is 0.550. The summed E-state index contributed by atoms with van der Waals surface area (Å²) < 4.78 is 0. The van der Waals surface area contributed by atoms with Crippen LogP contribution in [0.5, 0.6) is 0 Å². The molecule has 2 N–H and O–H groups in total. The van der Waals surface area contributed by atoms with E-state index in [4.69, 9.17) is 18.6 Å². The van der Waals surface area contributed by atoms with Crippen LogP contribution in [0.1, 0.15) is 12.8 Å². The van der Waals surface area contributed by atoms with Gasteiger partial charge in [-0.05, 0) is 62.6 Å². The van der Waals surface area contributed by atoms with Crippen LogP contribution >= 0.6 is 12.2 Å². The number of anilines is 1. The molecule has 1 aromatic rings. The Balaban J connectivity index is 1.45. The lowest BCUT2D eigenvalue weighted by atomic mass is 9.75. The zero-order valence-corrected chi connectivity index (χ0v) is 15.8. The first-order chi connectivity index (χ1) is 12.2. The minimum absolute atomic E-state index is 0.587. The van der Waals surface area contributed by atoms with E-state index in [1.165, 1.54) is 25.9 Å². The van der Waals surface area contributed by atoms with E-state index in [9.17, 15) is 0 Å². The molecule has 0 aromatic heterocycles. The van der Waals surface area contributed by atoms with Gasteiger partial charge in [0.25, 0.3) is 0 Å². The number of benzene rings is 1. The van der Waals surface area contributed by atoms with E-state index in [2.05, 4.69) is 33.4 Å². The van der Waals surface area contributed by atoms with Gasteiger partial charge in [-0.2, -0.15) is 0 Å². The minimum atomic E-state index is 0.587. The molecule has 3 heterocycles. The molecule has 4 rings (SSSR count). The molecule has 3 aliphatic rings. The first kappa shape index (κ1) is 18.2. The third-order valence-electron chi connectivity index (χ3n) is 5.45. The molecule has 2 bridgehead atoms. The second kappa shape index (κ2) is 8.66. The highest BCUT2D eigenvalue weighted by molar-refractivity contribution is 7.80. The van der Waals surface area contributed by atoms with E-state index < -0.39 is 0 Å². The summed E-state index contributed by atoms with van der Waals surface area (Å²) in [4.78, 5) is 4.91. The zero-order valence-electron chi connectivity index (χ0n) is 14.9. The van der Waals surface area contributed by atoms with Gasteiger partial charge in [0.05, 0.1) is 6.54 Å². The molecule has 0 saturated carbocycles. The minimum Gasteiger partial charge on any atom is -0.361 e. The van der Waals surface area contributed by atoms with Gasteiger partial charge in [0.15, 0.2) is 5.11 Å². The fourth-order valence-corrected chi connectivity index (χ4v) is 4.40. The molecule has 4 nitrogen and oxygen atoms in total. The Morgan fingerprint density at radius 3 is 2.88 bits per heavy atom. The van der Waals surface area contributed by atoms with Gasteiger partial charge >= 0.3 is 0 Å². The standard InChI is InChI=1S/C20H28N4S/c1-3-10-23(2)14-17-15-24-11-9-16(17)12-19(24)13-21-20(25)22-18-7-5-4-6-8-18/h1,4-8,16-17,19H,9-15H2,2H3,(H2,21,22,25). The van der Waals surface area contributed by atoms with Crippen LogP contribution in [0.15, 0.2) is 30.3 Å². The summed E-state index contributed by atoms with van der Waals surface area (Å²) >= 11 is 5.43. The first-order valence-corrected chi connectivity index (χ1v) is 9.52. The third-order valence-corrected chi connectivity index (χ3v) is 5.70. The van der Waals surface area contributed by atoms with E-state index in [-0.39, 0.29) is 0 Å². The van der Waals surface area contributed by atoms with Crippen molar-refractivity contribution in [1.29, 1.82) is 0 Å². The van der Waals surface area contributed by atoms with Gasteiger partial charge in [-0.3, -0.25) is 9.80 Å². The van der Waals surface area contributed by atoms with E-state index in [1.54, 1.807) is 0 Å². The number of nitrogens with zero attached hydrogens (tertiary/aromatic N) is 2. The summed E-state index contributed by atoms with van der Waals surface area (Å²) in [6.07, 6.45) is 8.00. The van der Waals surface area contributed by atoms with Crippen molar-refractivity contribution in [3.05, 3.63) is 30.3 Å². The van der Waals surface area contributed by atoms with Crippen molar-refractivity contribution in [2.75, 3.05) is 45.1 Å². The van der Waals surface area contributed by atoms with Gasteiger partial charge in [-0.1, -0.05) is 24.1 Å². The average Bonchev–Trinajstić information content (AvgIpc) is 2.62. The lowest BCUT2D eigenvalue weighted by molar-refractivity contribution is -0.00646. The second-order valence-corrected chi connectivity index (χ2v) is 7.70. The van der Waals surface area contributed by atoms with E-state index in [0.29, 0.717) is 11.2 Å². The monoisotopic (exact) mass is 356 g/mol. The van der Waals surface area contributed by atoms with Crippen LogP contribution in [-0.2, 0) is 0 Å². The third kappa shape index (κ3) is 4.94. The van der Waals surface area contributed by atoms with Gasteiger partial charge in [0, 0.05) is 31.4 Å². The number of hydrogen-bond donors (Lipinski definition) is 2. The summed E-state index contributed by atoms with van der Waals surface area (Å²) in [5.41, 5.74) is 1.03. The summed E-state index contributed by atoms with van der Waals surface area (Å²) in [7, 11) is 2.13. The Hall–Kier alpha value is -1.61. The number of piperidine rings is 3. The van der Waals surface area contributed by atoms with Crippen molar-refractivity contribution in [3.63, 3.8) is 0 Å². The molecule has 3 saturated heterocycles. The van der Waals surface area contributed by atoms with Gasteiger partial charge in [0.2, 0.25) is 0 Å². The maximum Gasteiger partial charge on any atom is 0.170 e. The van der Waals surface area contributed by atoms with Gasteiger partial charge in [-0.25, -0.2) is 0 Å². The highest BCUT2D eigenvalue weighted by atomic mass is 32.1. The van der Waals surface area contributed by atoms with Crippen LogP contribution in [0.25, 0.3) is 0 Å². The molecule has 25 heavy (non-hydrogen) atoms. The molecule has 134 valence electrons. The number of para-hydroxylation sites is 1. The van der Waals surface area contributed by atoms with Crippen molar-refractivity contribution < 1.29 is 0 Å². The highest BCUT2D eigenvalue weighted by Crippen LogP contribution is 2.36. The van der Waals surface area contributed by atoms with Gasteiger partial charge in [-0.15, -0.1) is 6.42 Å². The SMILES string of the molecule is C#CCN(C)CC1CN2CCC1CC2CNC(=S)Nc1ccccc1. The van der Waals surface area contributed by atoms with Crippen molar-refractivity contribution >= 4 is 23.0 Å². The summed E-state index contributed by atoms with van der Waals surface area (Å²) in [6.45, 7) is 5.17. The molecule has 3 fully saturated rings. The lowest BCUT2D eigenvalue weighted by Crippen LogP contribution is -2.58. The second-order valence-electron chi connectivity index (χ2n) is 7.30. The molecular weight excluding hydrogens is 328 g/mol. The van der Waals surface area contributed by atoms with E-state index in [0.717, 1.165) is 37.2 Å². The molecule has 4 unspecified atom stereocenters. The molecule has 3 aliphatic heterocycles. The molecule has 0 amide bonds. The van der Waals surface area contributed by atoms with E-state index in [1.807, 2.05) is 30.3 Å². The lowest BCUT2D eigenvalue weighted by Gasteiger charge is -2.50. The Morgan fingerprint density at radius 1 is 1.40 bits per heavy atom. The van der Waals surface area contributed by atoms with Crippen LogP contribution in [0.3, 0.4) is 0 Å². The maximum absolute atomic E-state index is 5.43. The number of nitrogens with one attached hydrogen (secondary N) is 2. The summed E-state index contributed by atoms with van der Waals surface area (Å²) in [5.74, 6) is 4.30. The topological polar surface area (TPSA) is 30.5 Å². The molecular formula is C20H28N4S. The molecule has 0 aliphatic carbocycles. The highest BCUT2D eigenvalue weighted by Gasteiger charge is 2.40. The van der Waals surface area contributed by atoms with Crippen molar-refractivity contribution in [2.45, 2.75) is 18.9 Å². The zero-order chi connectivity index (χ0) is 17.6. The van der Waals surface area contributed by atoms with Crippen LogP contribution in [0.4, 0.5) is 5.69 Å². The summed E-state index contributed by atoms with van der Waals surface area (Å²) in [6, 6.07) is 10.7. The van der Waals surface area contributed by atoms with Crippen LogP contribution in [-0.4, -0.2) is 60.7 Å². The molecule has 0 spiro atoms. The smallest absolute Gasteiger partial charge is 0.170 e. The van der Waals surface area contributed by atoms with Gasteiger partial charge < -0.3 is 10.6 Å². The van der Waals surface area contributed by atoms with Crippen LogP contribution in [0, 0.1) is 24.2 Å². The largest absolute Gasteiger partial charge is 0.361 e. The van der Waals surface area contributed by atoms with Crippen molar-refractivity contribution in [3.8, 4) is 12.3 Å². The molecule has 4 atom stereocenters. The van der Waals surface area contributed by atoms with Crippen LogP contribution < -0.4 is 10.6 Å². The van der Waals surface area contributed by atoms with Crippen molar-refractivity contribution in [1.82, 2.24) is 15.1 Å². The Morgan fingerprint density at radius 2 is 2.20 bits per heavy atom. The number of terminal acetylenes is 1. The number of hydrogen-bond acceptors (Lipinski definition) is 3. The predicted molar refractivity (Wildman–Crippen MR) is 109 cm³/mol. The average molecular weight is 357 g/mol. The molecule has 1 aromatic carbocycles. The normalized spacial score (nSPS) is 27.7. The molecule has 5 heteroatoms. The van der Waals surface area contributed by atoms with E-state index >= 15 is 0 Å². The number of rotatable bonds is 6. The quantitative estimate of drug-likeness (QED) is 0.603. The Labute approximate surface area is 157 Å². The van der Waals surface area contributed by atoms with Crippen LogP contribution in [0.2, 0.25) is 0 Å². The predicted octanol–water partition coefficient (Wildman–Crippen LogP) is 2.25.